The molecule has 1 unspecified atom stereocenters. The van der Waals surface area contributed by atoms with Crippen LogP contribution in [0.1, 0.15) is 34.9 Å². The zero-order valence-electron chi connectivity index (χ0n) is 10.2. The van der Waals surface area contributed by atoms with Crippen molar-refractivity contribution in [3.63, 3.8) is 0 Å². The fourth-order valence-electron chi connectivity index (χ4n) is 2.37. The van der Waals surface area contributed by atoms with Gasteiger partial charge in [-0.15, -0.1) is 11.6 Å². The maximum absolute atomic E-state index is 6.40. The molecule has 1 aliphatic rings. The second-order valence-corrected chi connectivity index (χ2v) is 5.49. The largest absolute Gasteiger partial charge is 0.308 e. The van der Waals surface area contributed by atoms with E-state index in [2.05, 4.69) is 37.2 Å². The molecule has 0 aromatic heterocycles. The molecule has 0 bridgehead atoms. The second kappa shape index (κ2) is 5.20. The molecule has 0 aliphatic heterocycles. The topological polar surface area (TPSA) is 3.24 Å². The lowest BCUT2D eigenvalue weighted by molar-refractivity contribution is 0.407. The lowest BCUT2D eigenvalue weighted by atomic mass is 9.90. The van der Waals surface area contributed by atoms with Crippen molar-refractivity contribution in [2.24, 2.45) is 0 Å². The van der Waals surface area contributed by atoms with E-state index in [9.17, 15) is 0 Å². The predicted molar refractivity (Wildman–Crippen MR) is 70.2 cm³/mol. The molecule has 0 spiro atoms. The van der Waals surface area contributed by atoms with Gasteiger partial charge < -0.3 is 4.90 Å². The number of benzene rings is 1. The van der Waals surface area contributed by atoms with E-state index in [1.54, 1.807) is 0 Å². The molecule has 1 aromatic carbocycles. The maximum atomic E-state index is 6.40. The van der Waals surface area contributed by atoms with E-state index in [-0.39, 0.29) is 5.38 Å². The summed E-state index contributed by atoms with van der Waals surface area (Å²) in [6.45, 7) is 0.903. The van der Waals surface area contributed by atoms with Gasteiger partial charge in [-0.25, -0.2) is 0 Å². The fourth-order valence-corrected chi connectivity index (χ4v) is 2.79. The van der Waals surface area contributed by atoms with Crippen LogP contribution in [0.3, 0.4) is 0 Å². The molecule has 0 saturated carbocycles. The van der Waals surface area contributed by atoms with Crippen molar-refractivity contribution in [2.75, 3.05) is 20.6 Å². The van der Waals surface area contributed by atoms with Gasteiger partial charge in [-0.1, -0.05) is 18.2 Å². The van der Waals surface area contributed by atoms with Crippen LogP contribution in [0.5, 0.6) is 0 Å². The number of hydrogen-bond acceptors (Lipinski definition) is 1. The average Bonchev–Trinajstić information content (AvgIpc) is 2.27. The van der Waals surface area contributed by atoms with E-state index in [1.807, 2.05) is 0 Å². The minimum absolute atomic E-state index is 0.113. The number of halogens is 1. The monoisotopic (exact) mass is 237 g/mol. The van der Waals surface area contributed by atoms with Crippen molar-refractivity contribution in [2.45, 2.75) is 31.1 Å². The Hall–Kier alpha value is -0.530. The highest BCUT2D eigenvalue weighted by Gasteiger charge is 2.13. The Morgan fingerprint density at radius 3 is 2.56 bits per heavy atom. The molecule has 1 atom stereocenters. The minimum atomic E-state index is 0.113. The van der Waals surface area contributed by atoms with Gasteiger partial charge in [0.15, 0.2) is 0 Å². The van der Waals surface area contributed by atoms with Gasteiger partial charge in [-0.2, -0.15) is 0 Å². The van der Waals surface area contributed by atoms with Crippen LogP contribution >= 0.6 is 11.6 Å². The lowest BCUT2D eigenvalue weighted by Crippen LogP contribution is -2.17. The van der Waals surface area contributed by atoms with Crippen molar-refractivity contribution >= 4 is 11.6 Å². The van der Waals surface area contributed by atoms with Gasteiger partial charge in [0, 0.05) is 6.54 Å². The van der Waals surface area contributed by atoms with Gasteiger partial charge in [-0.05, 0) is 56.5 Å². The van der Waals surface area contributed by atoms with Crippen LogP contribution in [0.25, 0.3) is 0 Å². The molecule has 2 heteroatoms. The molecule has 0 radical (unpaired) electrons. The number of rotatable bonds is 3. The molecule has 1 aromatic rings. The molecular formula is C14H20ClN. The summed E-state index contributed by atoms with van der Waals surface area (Å²) in [5, 5.41) is 0.113. The summed E-state index contributed by atoms with van der Waals surface area (Å²) in [6.07, 6.45) is 5.15. The average molecular weight is 238 g/mol. The highest BCUT2D eigenvalue weighted by molar-refractivity contribution is 6.21. The summed E-state index contributed by atoms with van der Waals surface area (Å²) in [4.78, 5) is 2.14. The normalized spacial score (nSPS) is 17.2. The van der Waals surface area contributed by atoms with E-state index in [4.69, 9.17) is 11.6 Å². The number of hydrogen-bond donors (Lipinski definition) is 0. The van der Waals surface area contributed by atoms with Crippen LogP contribution in [0.4, 0.5) is 0 Å². The number of likely N-dealkylation sites (N-methyl/N-ethyl adjacent to an activating group) is 1. The van der Waals surface area contributed by atoms with Crippen LogP contribution in [0.15, 0.2) is 18.2 Å². The molecule has 0 fully saturated rings. The SMILES string of the molecule is CN(C)CC(Cl)c1ccc2c(c1)CCCC2. The number of nitrogens with zero attached hydrogens (tertiary/aromatic N) is 1. The van der Waals surface area contributed by atoms with Crippen LogP contribution < -0.4 is 0 Å². The van der Waals surface area contributed by atoms with Crippen molar-refractivity contribution in [1.29, 1.82) is 0 Å². The van der Waals surface area contributed by atoms with Crippen LogP contribution in [-0.2, 0) is 12.8 Å². The summed E-state index contributed by atoms with van der Waals surface area (Å²) in [6, 6.07) is 6.79. The Bertz CT molecular complexity index is 360. The van der Waals surface area contributed by atoms with Gasteiger partial charge in [0.25, 0.3) is 0 Å². The standard InChI is InChI=1S/C14H20ClN/c1-16(2)10-14(15)13-8-7-11-5-3-4-6-12(11)9-13/h7-9,14H,3-6,10H2,1-2H3. The van der Waals surface area contributed by atoms with E-state index < -0.39 is 0 Å². The molecule has 1 aliphatic carbocycles. The lowest BCUT2D eigenvalue weighted by Gasteiger charge is -2.20. The molecular weight excluding hydrogens is 218 g/mol. The fraction of sp³-hybridized carbons (Fsp3) is 0.571. The summed E-state index contributed by atoms with van der Waals surface area (Å²) < 4.78 is 0. The maximum Gasteiger partial charge on any atom is 0.0712 e. The smallest absolute Gasteiger partial charge is 0.0712 e. The Morgan fingerprint density at radius 2 is 1.88 bits per heavy atom. The van der Waals surface area contributed by atoms with Crippen LogP contribution in [0.2, 0.25) is 0 Å². The van der Waals surface area contributed by atoms with E-state index in [0.717, 1.165) is 6.54 Å². The Labute approximate surface area is 103 Å². The zero-order valence-corrected chi connectivity index (χ0v) is 10.9. The second-order valence-electron chi connectivity index (χ2n) is 4.97. The summed E-state index contributed by atoms with van der Waals surface area (Å²) in [7, 11) is 4.13. The van der Waals surface area contributed by atoms with E-state index >= 15 is 0 Å². The Balaban J connectivity index is 2.16. The summed E-state index contributed by atoms with van der Waals surface area (Å²) >= 11 is 6.40. The molecule has 2 rings (SSSR count). The van der Waals surface area contributed by atoms with Crippen molar-refractivity contribution in [1.82, 2.24) is 4.90 Å². The van der Waals surface area contributed by atoms with Gasteiger partial charge in [0.05, 0.1) is 5.38 Å². The van der Waals surface area contributed by atoms with E-state index in [1.165, 1.54) is 42.4 Å². The number of alkyl halides is 1. The molecule has 0 amide bonds. The molecule has 0 saturated heterocycles. The van der Waals surface area contributed by atoms with Crippen molar-refractivity contribution < 1.29 is 0 Å². The Morgan fingerprint density at radius 1 is 1.19 bits per heavy atom. The van der Waals surface area contributed by atoms with Crippen molar-refractivity contribution in [3.05, 3.63) is 34.9 Å². The first-order valence-corrected chi connectivity index (χ1v) is 6.51. The molecule has 88 valence electrons. The molecule has 0 N–H and O–H groups in total. The predicted octanol–water partition coefficient (Wildman–Crippen LogP) is 3.41. The third-order valence-electron chi connectivity index (χ3n) is 3.26. The van der Waals surface area contributed by atoms with Crippen LogP contribution in [-0.4, -0.2) is 25.5 Å². The van der Waals surface area contributed by atoms with Crippen LogP contribution in [0, 0.1) is 0 Å². The number of fused-ring (bicyclic) bond motifs is 1. The van der Waals surface area contributed by atoms with Crippen molar-refractivity contribution in [3.8, 4) is 0 Å². The third kappa shape index (κ3) is 2.78. The number of aryl methyl sites for hydroxylation is 2. The van der Waals surface area contributed by atoms with Gasteiger partial charge in [-0.3, -0.25) is 0 Å². The zero-order chi connectivity index (χ0) is 11.5. The summed E-state index contributed by atoms with van der Waals surface area (Å²) in [5.41, 5.74) is 4.33. The first-order valence-electron chi connectivity index (χ1n) is 6.07. The quantitative estimate of drug-likeness (QED) is 0.729. The van der Waals surface area contributed by atoms with Gasteiger partial charge in [0.2, 0.25) is 0 Å². The first kappa shape index (κ1) is 11.9. The summed E-state index contributed by atoms with van der Waals surface area (Å²) in [5.74, 6) is 0. The minimum Gasteiger partial charge on any atom is -0.308 e. The molecule has 0 heterocycles. The third-order valence-corrected chi connectivity index (χ3v) is 3.65. The van der Waals surface area contributed by atoms with Gasteiger partial charge in [0.1, 0.15) is 0 Å². The highest BCUT2D eigenvalue weighted by Crippen LogP contribution is 2.27. The first-order chi connectivity index (χ1) is 7.66. The van der Waals surface area contributed by atoms with Gasteiger partial charge >= 0.3 is 0 Å². The Kier molecular flexibility index (Phi) is 3.88. The molecule has 16 heavy (non-hydrogen) atoms. The van der Waals surface area contributed by atoms with E-state index in [0.29, 0.717) is 0 Å². The molecule has 1 nitrogen and oxygen atoms in total. The highest BCUT2D eigenvalue weighted by atomic mass is 35.5.